The summed E-state index contributed by atoms with van der Waals surface area (Å²) in [4.78, 5) is 46.5. The van der Waals surface area contributed by atoms with Gasteiger partial charge in [0.25, 0.3) is 0 Å². The molecule has 0 saturated carbocycles. The van der Waals surface area contributed by atoms with E-state index in [9.17, 15) is 33.6 Å². The fraction of sp³-hybridized carbons (Fsp3) is 0.556. The Labute approximate surface area is 164 Å². The van der Waals surface area contributed by atoms with Crippen LogP contribution in [-0.4, -0.2) is 59.3 Å². The van der Waals surface area contributed by atoms with Crippen LogP contribution in [0.4, 0.5) is 0 Å². The maximum atomic E-state index is 11.9. The molecule has 2 unspecified atom stereocenters. The van der Waals surface area contributed by atoms with E-state index in [1.165, 1.54) is 6.07 Å². The minimum Gasteiger partial charge on any atom is -0.387 e. The standard InChI is InChI=1S/C9H15N2O14P3S/c10-5-1-2-11(9(14)29-5)8-7(13)6(12)4(23-8)3-22-27(18,19)25-28(20,21)24-26(15,16)17/h1-2,4,6-8,10,12-13H,3H2,(H,18,19)(H,20,21)(H2,15,16,17)/t4-,6-,7-,8-/m1/s1. The van der Waals surface area contributed by atoms with Crippen LogP contribution in [0.15, 0.2) is 17.1 Å². The number of aromatic nitrogens is 1. The minimum absolute atomic E-state index is 0.0801. The third-order valence-electron chi connectivity index (χ3n) is 3.22. The molecule has 16 nitrogen and oxygen atoms in total. The van der Waals surface area contributed by atoms with Crippen molar-refractivity contribution in [1.82, 2.24) is 4.57 Å². The Bertz CT molecular complexity index is 1000. The van der Waals surface area contributed by atoms with Crippen molar-refractivity contribution in [3.8, 4) is 0 Å². The first kappa shape index (κ1) is 24.7. The van der Waals surface area contributed by atoms with Crippen molar-refractivity contribution in [2.24, 2.45) is 0 Å². The lowest BCUT2D eigenvalue weighted by atomic mass is 10.1. The first-order valence-corrected chi connectivity index (χ1v) is 12.5. The van der Waals surface area contributed by atoms with Crippen molar-refractivity contribution in [3.05, 3.63) is 26.6 Å². The van der Waals surface area contributed by atoms with Gasteiger partial charge in [0.2, 0.25) is 0 Å². The summed E-state index contributed by atoms with van der Waals surface area (Å²) >= 11 is 0.508. The molecule has 20 heteroatoms. The number of phosphoric ester groups is 1. The molecule has 166 valence electrons. The molecule has 0 aromatic carbocycles. The predicted octanol–water partition coefficient (Wildman–Crippen LogP) is -1.65. The van der Waals surface area contributed by atoms with Crippen LogP contribution in [0.5, 0.6) is 0 Å². The van der Waals surface area contributed by atoms with Crippen LogP contribution >= 0.6 is 34.8 Å². The fourth-order valence-corrected chi connectivity index (χ4v) is 5.76. The van der Waals surface area contributed by atoms with Crippen LogP contribution in [0.1, 0.15) is 6.23 Å². The molecule has 0 spiro atoms. The lowest BCUT2D eigenvalue weighted by molar-refractivity contribution is -0.0531. The van der Waals surface area contributed by atoms with Gasteiger partial charge in [-0.15, -0.1) is 0 Å². The van der Waals surface area contributed by atoms with Gasteiger partial charge in [-0.2, -0.15) is 8.62 Å². The fourth-order valence-electron chi connectivity index (χ4n) is 2.15. The number of ether oxygens (including phenoxy) is 1. The van der Waals surface area contributed by atoms with Crippen molar-refractivity contribution in [2.45, 2.75) is 24.5 Å². The molecule has 1 aromatic rings. The number of rotatable bonds is 8. The Hall–Kier alpha value is -0.610. The molecule has 7 N–H and O–H groups in total. The van der Waals surface area contributed by atoms with Crippen LogP contribution in [-0.2, 0) is 31.6 Å². The summed E-state index contributed by atoms with van der Waals surface area (Å²) in [6.07, 6.45) is -5.27. The van der Waals surface area contributed by atoms with Gasteiger partial charge in [-0.05, 0) is 6.07 Å². The van der Waals surface area contributed by atoms with E-state index in [1.54, 1.807) is 0 Å². The predicted molar refractivity (Wildman–Crippen MR) is 90.2 cm³/mol. The molecule has 1 saturated heterocycles. The normalized spacial score (nSPS) is 29.3. The van der Waals surface area contributed by atoms with Crippen LogP contribution in [0.25, 0.3) is 0 Å². The molecular formula is C9H15N2O14P3S. The van der Waals surface area contributed by atoms with Crippen LogP contribution < -0.4 is 9.54 Å². The number of hydrogen-bond acceptors (Lipinski definition) is 12. The van der Waals surface area contributed by atoms with Gasteiger partial charge in [0, 0.05) is 6.20 Å². The molecule has 6 atom stereocenters. The Morgan fingerprint density at radius 2 is 1.72 bits per heavy atom. The van der Waals surface area contributed by atoms with Gasteiger partial charge in [-0.3, -0.25) is 19.3 Å². The van der Waals surface area contributed by atoms with Crippen molar-refractivity contribution in [2.75, 3.05) is 6.61 Å². The molecule has 29 heavy (non-hydrogen) atoms. The van der Waals surface area contributed by atoms with E-state index in [4.69, 9.17) is 24.8 Å². The number of aliphatic hydroxyl groups is 2. The zero-order valence-electron chi connectivity index (χ0n) is 13.8. The number of phosphoric acid groups is 3. The van der Waals surface area contributed by atoms with E-state index in [-0.39, 0.29) is 4.67 Å². The first-order valence-electron chi connectivity index (χ1n) is 7.17. The van der Waals surface area contributed by atoms with Gasteiger partial charge < -0.3 is 34.5 Å². The summed E-state index contributed by atoms with van der Waals surface area (Å²) in [6.45, 7) is -1.01. The number of hydrogen-bond donors (Lipinski definition) is 7. The lowest BCUT2D eigenvalue weighted by Crippen LogP contribution is -2.35. The molecule has 0 amide bonds. The first-order chi connectivity index (χ1) is 13.1. The Kier molecular flexibility index (Phi) is 7.54. The molecule has 2 heterocycles. The summed E-state index contributed by atoms with van der Waals surface area (Å²) < 4.78 is 50.8. The largest absolute Gasteiger partial charge is 0.490 e. The van der Waals surface area contributed by atoms with Gasteiger partial charge in [-0.1, -0.05) is 11.3 Å². The Morgan fingerprint density at radius 1 is 1.10 bits per heavy atom. The summed E-state index contributed by atoms with van der Waals surface area (Å²) in [5.74, 6) is 0. The summed E-state index contributed by atoms with van der Waals surface area (Å²) in [5.41, 5.74) is 0. The number of aliphatic hydroxyl groups excluding tert-OH is 2. The average molecular weight is 500 g/mol. The Morgan fingerprint density at radius 3 is 2.28 bits per heavy atom. The number of nitrogens with zero attached hydrogens (tertiary/aromatic N) is 1. The third-order valence-corrected chi connectivity index (χ3v) is 7.77. The quantitative estimate of drug-likeness (QED) is 0.198. The van der Waals surface area contributed by atoms with Crippen LogP contribution in [0, 0.1) is 5.41 Å². The van der Waals surface area contributed by atoms with E-state index in [2.05, 4.69) is 13.1 Å². The van der Waals surface area contributed by atoms with E-state index >= 15 is 0 Å². The van der Waals surface area contributed by atoms with E-state index < -0.39 is 59.5 Å². The summed E-state index contributed by atoms with van der Waals surface area (Å²) in [7, 11) is -16.7. The minimum atomic E-state index is -5.71. The summed E-state index contributed by atoms with van der Waals surface area (Å²) in [5, 5.41) is 27.4. The second-order valence-electron chi connectivity index (χ2n) is 5.39. The zero-order chi connectivity index (χ0) is 22.2. The topological polar surface area (TPSA) is 255 Å². The van der Waals surface area contributed by atoms with Crippen LogP contribution in [0.2, 0.25) is 0 Å². The molecule has 0 bridgehead atoms. The second kappa shape index (κ2) is 8.86. The highest BCUT2D eigenvalue weighted by Crippen LogP contribution is 2.66. The lowest BCUT2D eigenvalue weighted by Gasteiger charge is -2.19. The van der Waals surface area contributed by atoms with Gasteiger partial charge in [-0.25, -0.2) is 13.7 Å². The average Bonchev–Trinajstić information content (AvgIpc) is 2.78. The van der Waals surface area contributed by atoms with Crippen molar-refractivity contribution in [1.29, 1.82) is 5.41 Å². The second-order valence-corrected chi connectivity index (χ2v) is 10.8. The highest BCUT2D eigenvalue weighted by molar-refractivity contribution is 7.66. The molecule has 1 aliphatic heterocycles. The van der Waals surface area contributed by atoms with Gasteiger partial charge >= 0.3 is 28.3 Å². The van der Waals surface area contributed by atoms with Crippen LogP contribution in [0.3, 0.4) is 0 Å². The zero-order valence-corrected chi connectivity index (χ0v) is 17.3. The molecule has 0 radical (unpaired) electrons. The molecule has 1 aromatic heterocycles. The monoisotopic (exact) mass is 500 g/mol. The van der Waals surface area contributed by atoms with Crippen molar-refractivity contribution >= 4 is 34.8 Å². The van der Waals surface area contributed by atoms with Gasteiger partial charge in [0.15, 0.2) is 6.23 Å². The van der Waals surface area contributed by atoms with E-state index in [0.717, 1.165) is 10.8 Å². The smallest absolute Gasteiger partial charge is 0.387 e. The maximum absolute atomic E-state index is 11.9. The SMILES string of the molecule is N=c1ccn([C@@H]2O[C@H](COP(=O)(O)OP(=O)(O)OP(=O)(O)O)[C@@H](O)[C@H]2O)c(=O)s1. The molecule has 1 aliphatic rings. The maximum Gasteiger partial charge on any atom is 0.490 e. The van der Waals surface area contributed by atoms with Crippen molar-refractivity contribution in [3.63, 3.8) is 0 Å². The van der Waals surface area contributed by atoms with Gasteiger partial charge in [0.05, 0.1) is 6.61 Å². The van der Waals surface area contributed by atoms with Gasteiger partial charge in [0.1, 0.15) is 23.0 Å². The molecule has 0 aliphatic carbocycles. The summed E-state index contributed by atoms with van der Waals surface area (Å²) in [6, 6.07) is 1.22. The highest BCUT2D eigenvalue weighted by atomic mass is 32.1. The molecular weight excluding hydrogens is 485 g/mol. The molecule has 2 rings (SSSR count). The molecule has 1 fully saturated rings. The Balaban J connectivity index is 2.06. The number of nitrogens with one attached hydrogen (secondary N) is 1. The van der Waals surface area contributed by atoms with Crippen molar-refractivity contribution < 1.29 is 61.4 Å². The van der Waals surface area contributed by atoms with E-state index in [1.807, 2.05) is 0 Å². The van der Waals surface area contributed by atoms with E-state index in [0.29, 0.717) is 11.3 Å². The highest BCUT2D eigenvalue weighted by Gasteiger charge is 2.46. The third kappa shape index (κ3) is 6.95.